The fourth-order valence-corrected chi connectivity index (χ4v) is 3.96. The van der Waals surface area contributed by atoms with E-state index in [0.717, 1.165) is 5.69 Å². The van der Waals surface area contributed by atoms with Crippen LogP contribution in [0.15, 0.2) is 72.4 Å². The van der Waals surface area contributed by atoms with Crippen LogP contribution in [0.2, 0.25) is 5.02 Å². The molecule has 0 bridgehead atoms. The Morgan fingerprint density at radius 3 is 2.65 bits per heavy atom. The Hall–Kier alpha value is -3.49. The monoisotopic (exact) mass is 452 g/mol. The van der Waals surface area contributed by atoms with Crippen LogP contribution in [0, 0.1) is 0 Å². The lowest BCUT2D eigenvalue weighted by molar-refractivity contribution is -0.115. The molecule has 1 amide bonds. The molecule has 0 spiro atoms. The summed E-state index contributed by atoms with van der Waals surface area (Å²) in [5, 5.41) is 6.90. The first-order valence-corrected chi connectivity index (χ1v) is 10.5. The minimum Gasteiger partial charge on any atom is -0.456 e. The number of anilines is 2. The predicted octanol–water partition coefficient (Wildman–Crippen LogP) is 5.02. The Bertz CT molecular complexity index is 1210. The Morgan fingerprint density at radius 1 is 1.16 bits per heavy atom. The van der Waals surface area contributed by atoms with E-state index in [2.05, 4.69) is 10.1 Å². The normalized spacial score (nSPS) is 10.6. The van der Waals surface area contributed by atoms with Gasteiger partial charge in [-0.2, -0.15) is 5.10 Å². The molecule has 4 rings (SSSR count). The molecule has 0 saturated heterocycles. The molecular weight excluding hydrogens is 436 g/mol. The molecule has 4 aromatic rings. The first-order chi connectivity index (χ1) is 15.0. The predicted molar refractivity (Wildman–Crippen MR) is 119 cm³/mol. The molecule has 0 N–H and O–H groups in total. The van der Waals surface area contributed by atoms with Crippen molar-refractivity contribution < 1.29 is 14.3 Å². The van der Waals surface area contributed by atoms with Gasteiger partial charge < -0.3 is 4.74 Å². The van der Waals surface area contributed by atoms with Crippen LogP contribution in [0.5, 0.6) is 0 Å². The zero-order chi connectivity index (χ0) is 21.8. The first kappa shape index (κ1) is 20.8. The summed E-state index contributed by atoms with van der Waals surface area (Å²) >= 11 is 7.33. The summed E-state index contributed by atoms with van der Waals surface area (Å²) in [5.74, 6) is -0.655. The van der Waals surface area contributed by atoms with Crippen molar-refractivity contribution in [1.82, 2.24) is 14.8 Å². The van der Waals surface area contributed by atoms with Crippen molar-refractivity contribution >= 4 is 45.6 Å². The van der Waals surface area contributed by atoms with Crippen LogP contribution in [0.4, 0.5) is 10.8 Å². The fourth-order valence-electron chi connectivity index (χ4n) is 2.90. The number of hydrogen-bond donors (Lipinski definition) is 0. The van der Waals surface area contributed by atoms with Gasteiger partial charge in [-0.25, -0.2) is 14.5 Å². The van der Waals surface area contributed by atoms with Gasteiger partial charge in [-0.3, -0.25) is 9.69 Å². The van der Waals surface area contributed by atoms with Crippen LogP contribution in [-0.2, 0) is 16.1 Å². The summed E-state index contributed by atoms with van der Waals surface area (Å²) in [6.07, 6.45) is 3.50. The largest absolute Gasteiger partial charge is 0.456 e. The molecule has 9 heteroatoms. The maximum atomic E-state index is 12.4. The molecule has 156 valence electrons. The number of amides is 1. The number of nitrogens with zero attached hydrogens (tertiary/aromatic N) is 4. The van der Waals surface area contributed by atoms with E-state index in [1.807, 2.05) is 12.3 Å². The van der Waals surface area contributed by atoms with E-state index in [1.54, 1.807) is 64.8 Å². The van der Waals surface area contributed by atoms with Gasteiger partial charge in [0.25, 0.3) is 0 Å². The quantitative estimate of drug-likeness (QED) is 0.384. The van der Waals surface area contributed by atoms with Gasteiger partial charge in [0.2, 0.25) is 5.91 Å². The average Bonchev–Trinajstić information content (AvgIpc) is 3.45. The molecule has 31 heavy (non-hydrogen) atoms. The minimum absolute atomic E-state index is 0.00245. The molecule has 0 unspecified atom stereocenters. The van der Waals surface area contributed by atoms with Crippen LogP contribution in [-0.4, -0.2) is 26.6 Å². The third kappa shape index (κ3) is 4.82. The van der Waals surface area contributed by atoms with E-state index in [0.29, 0.717) is 27.1 Å². The van der Waals surface area contributed by atoms with Crippen LogP contribution < -0.4 is 4.90 Å². The van der Waals surface area contributed by atoms with E-state index in [9.17, 15) is 9.59 Å². The SMILES string of the molecule is CC(=O)N(c1cccc(Cl)c1)c1nc(COC(=O)c2ccc(-n3cccn3)cc2)cs1. The number of ether oxygens (including phenoxy) is 1. The molecule has 0 atom stereocenters. The number of benzene rings is 2. The third-order valence-corrected chi connectivity index (χ3v) is 5.45. The topological polar surface area (TPSA) is 77.3 Å². The van der Waals surface area contributed by atoms with Gasteiger partial charge in [0.15, 0.2) is 5.13 Å². The summed E-state index contributed by atoms with van der Waals surface area (Å²) in [7, 11) is 0. The van der Waals surface area contributed by atoms with Crippen molar-refractivity contribution in [2.75, 3.05) is 4.90 Å². The van der Waals surface area contributed by atoms with Gasteiger partial charge in [-0.15, -0.1) is 11.3 Å². The number of esters is 1. The highest BCUT2D eigenvalue weighted by Crippen LogP contribution is 2.30. The summed E-state index contributed by atoms with van der Waals surface area (Å²) in [4.78, 5) is 30.5. The maximum absolute atomic E-state index is 12.4. The number of thiazole rings is 1. The van der Waals surface area contributed by atoms with Crippen molar-refractivity contribution in [1.29, 1.82) is 0 Å². The fraction of sp³-hybridized carbons (Fsp3) is 0.0909. The van der Waals surface area contributed by atoms with Crippen molar-refractivity contribution in [2.45, 2.75) is 13.5 Å². The van der Waals surface area contributed by atoms with E-state index in [4.69, 9.17) is 16.3 Å². The molecule has 0 fully saturated rings. The highest BCUT2D eigenvalue weighted by molar-refractivity contribution is 7.14. The molecule has 0 radical (unpaired) electrons. The zero-order valence-electron chi connectivity index (χ0n) is 16.4. The standard InChI is InChI=1S/C22H17ClN4O3S/c1-15(28)27(20-5-2-4-17(23)12-20)22-25-18(14-31-22)13-30-21(29)16-6-8-19(9-7-16)26-11-3-10-24-26/h2-12,14H,13H2,1H3. The highest BCUT2D eigenvalue weighted by Gasteiger charge is 2.19. The Labute approximate surface area is 187 Å². The van der Waals surface area contributed by atoms with Gasteiger partial charge in [-0.05, 0) is 48.5 Å². The van der Waals surface area contributed by atoms with Gasteiger partial charge in [0, 0.05) is 29.7 Å². The lowest BCUT2D eigenvalue weighted by atomic mass is 10.2. The molecule has 7 nitrogen and oxygen atoms in total. The van der Waals surface area contributed by atoms with Gasteiger partial charge in [0.05, 0.1) is 22.6 Å². The van der Waals surface area contributed by atoms with Crippen molar-refractivity contribution in [3.05, 3.63) is 88.7 Å². The molecule has 2 aromatic carbocycles. The van der Waals surface area contributed by atoms with E-state index < -0.39 is 5.97 Å². The summed E-state index contributed by atoms with van der Waals surface area (Å²) in [5.41, 5.74) is 2.44. The van der Waals surface area contributed by atoms with E-state index >= 15 is 0 Å². The second kappa shape index (κ2) is 9.11. The Balaban J connectivity index is 1.42. The second-order valence-corrected chi connectivity index (χ2v) is 7.80. The number of carbonyl (C=O) groups excluding carboxylic acids is 2. The summed E-state index contributed by atoms with van der Waals surface area (Å²) in [6, 6.07) is 15.7. The highest BCUT2D eigenvalue weighted by atomic mass is 35.5. The molecule has 0 aliphatic heterocycles. The molecule has 0 saturated carbocycles. The number of halogens is 1. The minimum atomic E-state index is -0.458. The van der Waals surface area contributed by atoms with Gasteiger partial charge in [0.1, 0.15) is 6.61 Å². The van der Waals surface area contributed by atoms with Crippen LogP contribution in [0.1, 0.15) is 23.0 Å². The van der Waals surface area contributed by atoms with Crippen LogP contribution >= 0.6 is 22.9 Å². The molecule has 2 heterocycles. The van der Waals surface area contributed by atoms with Gasteiger partial charge in [-0.1, -0.05) is 17.7 Å². The Morgan fingerprint density at radius 2 is 1.97 bits per heavy atom. The number of rotatable bonds is 6. The summed E-state index contributed by atoms with van der Waals surface area (Å²) < 4.78 is 7.08. The number of carbonyl (C=O) groups is 2. The van der Waals surface area contributed by atoms with Crippen LogP contribution in [0.25, 0.3) is 5.69 Å². The van der Waals surface area contributed by atoms with E-state index in [1.165, 1.54) is 23.2 Å². The Kier molecular flexibility index (Phi) is 6.11. The zero-order valence-corrected chi connectivity index (χ0v) is 18.0. The van der Waals surface area contributed by atoms with Crippen molar-refractivity contribution in [2.24, 2.45) is 0 Å². The van der Waals surface area contributed by atoms with Crippen LogP contribution in [0.3, 0.4) is 0 Å². The lowest BCUT2D eigenvalue weighted by Crippen LogP contribution is -2.22. The maximum Gasteiger partial charge on any atom is 0.338 e. The van der Waals surface area contributed by atoms with Crippen molar-refractivity contribution in [3.8, 4) is 5.69 Å². The third-order valence-electron chi connectivity index (χ3n) is 4.34. The number of aromatic nitrogens is 3. The lowest BCUT2D eigenvalue weighted by Gasteiger charge is -2.18. The molecular formula is C22H17ClN4O3S. The van der Waals surface area contributed by atoms with E-state index in [-0.39, 0.29) is 12.5 Å². The summed E-state index contributed by atoms with van der Waals surface area (Å²) in [6.45, 7) is 1.45. The second-order valence-electron chi connectivity index (χ2n) is 6.53. The van der Waals surface area contributed by atoms with Gasteiger partial charge >= 0.3 is 5.97 Å². The smallest absolute Gasteiger partial charge is 0.338 e. The average molecular weight is 453 g/mol. The van der Waals surface area contributed by atoms with Crippen molar-refractivity contribution in [3.63, 3.8) is 0 Å². The number of hydrogen-bond acceptors (Lipinski definition) is 6. The first-order valence-electron chi connectivity index (χ1n) is 9.29. The molecule has 0 aliphatic rings. The molecule has 2 aromatic heterocycles. The molecule has 0 aliphatic carbocycles.